The number of amides is 1. The molecule has 192 valence electrons. The molecule has 2 heterocycles. The van der Waals surface area contributed by atoms with E-state index in [4.69, 9.17) is 4.74 Å². The van der Waals surface area contributed by atoms with Crippen LogP contribution in [0.4, 0.5) is 26.3 Å². The molecule has 1 aromatic carbocycles. The van der Waals surface area contributed by atoms with Crippen LogP contribution in [0.2, 0.25) is 0 Å². The molecule has 3 atom stereocenters. The molecule has 1 aliphatic carbocycles. The van der Waals surface area contributed by atoms with Crippen LogP contribution in [-0.4, -0.2) is 56.0 Å². The summed E-state index contributed by atoms with van der Waals surface area (Å²) < 4.78 is 112. The first-order chi connectivity index (χ1) is 15.9. The first kappa shape index (κ1) is 25.3. The summed E-state index contributed by atoms with van der Waals surface area (Å²) in [5.41, 5.74) is -1.37. The molecule has 1 saturated carbocycles. The highest BCUT2D eigenvalue weighted by atomic mass is 32.2. The Hall–Kier alpha value is -2.77. The Morgan fingerprint density at radius 1 is 1.26 bits per heavy atom. The zero-order valence-corrected chi connectivity index (χ0v) is 19.4. The van der Waals surface area contributed by atoms with Crippen LogP contribution in [0.15, 0.2) is 27.6 Å². The maximum absolute atomic E-state index is 13.3. The highest BCUT2D eigenvalue weighted by Gasteiger charge is 2.64. The molecule has 1 aliphatic heterocycles. The quantitative estimate of drug-likeness (QED) is 0.544. The Balaban J connectivity index is 1.66. The van der Waals surface area contributed by atoms with Gasteiger partial charge in [0.2, 0.25) is 5.76 Å². The standard InChI is InChI=1S/C21H20F6N2O5S/c1-10-16(28-34-17(10)21(25,26)27)19-7-12(19)8-29(9-19)18(30)14-6-13(35(3,31)32)4-5-15(14)33-11(2)20(22,23)24/h4-6,11-12H,7-9H2,1-3H3/t11-,12?,19?/m1/s1. The molecule has 2 fully saturated rings. The monoisotopic (exact) mass is 526 g/mol. The molecule has 0 radical (unpaired) electrons. The fraction of sp³-hybridized carbons (Fsp3) is 0.524. The van der Waals surface area contributed by atoms with Crippen molar-refractivity contribution in [2.75, 3.05) is 19.3 Å². The summed E-state index contributed by atoms with van der Waals surface area (Å²) in [7, 11) is -3.81. The molecule has 2 unspecified atom stereocenters. The summed E-state index contributed by atoms with van der Waals surface area (Å²) in [6, 6.07) is 2.95. The lowest BCUT2D eigenvalue weighted by atomic mass is 9.97. The van der Waals surface area contributed by atoms with Crippen LogP contribution >= 0.6 is 0 Å². The van der Waals surface area contributed by atoms with Gasteiger partial charge in [0.1, 0.15) is 5.75 Å². The van der Waals surface area contributed by atoms with Crippen molar-refractivity contribution >= 4 is 15.7 Å². The zero-order chi connectivity index (χ0) is 26.1. The predicted molar refractivity (Wildman–Crippen MR) is 108 cm³/mol. The van der Waals surface area contributed by atoms with Crippen molar-refractivity contribution in [2.45, 2.75) is 49.0 Å². The summed E-state index contributed by atoms with van der Waals surface area (Å²) in [6.07, 6.45) is -10.4. The Morgan fingerprint density at radius 2 is 1.91 bits per heavy atom. The molecular weight excluding hydrogens is 506 g/mol. The molecule has 35 heavy (non-hydrogen) atoms. The van der Waals surface area contributed by atoms with Crippen molar-refractivity contribution in [3.05, 3.63) is 40.8 Å². The van der Waals surface area contributed by atoms with Gasteiger partial charge in [-0.05, 0) is 44.4 Å². The van der Waals surface area contributed by atoms with Crippen LogP contribution in [0.1, 0.15) is 40.7 Å². The van der Waals surface area contributed by atoms with Gasteiger partial charge in [0, 0.05) is 30.3 Å². The average molecular weight is 526 g/mol. The number of rotatable bonds is 5. The maximum atomic E-state index is 13.3. The molecule has 1 aromatic heterocycles. The van der Waals surface area contributed by atoms with E-state index in [0.717, 1.165) is 31.4 Å². The topological polar surface area (TPSA) is 89.7 Å². The largest absolute Gasteiger partial charge is 0.480 e. The second kappa shape index (κ2) is 7.87. The lowest BCUT2D eigenvalue weighted by Crippen LogP contribution is -2.35. The minimum absolute atomic E-state index is 0.0570. The highest BCUT2D eigenvalue weighted by Crippen LogP contribution is 2.60. The molecule has 4 rings (SSSR count). The average Bonchev–Trinajstić information content (AvgIpc) is 3.05. The number of fused-ring (bicyclic) bond motifs is 1. The molecule has 0 N–H and O–H groups in total. The molecule has 2 aliphatic rings. The molecule has 1 amide bonds. The number of hydrogen-bond acceptors (Lipinski definition) is 6. The molecule has 0 spiro atoms. The van der Waals surface area contributed by atoms with Crippen LogP contribution in [0.25, 0.3) is 0 Å². The van der Waals surface area contributed by atoms with Crippen molar-refractivity contribution in [1.82, 2.24) is 10.1 Å². The smallest absolute Gasteiger partial charge is 0.452 e. The lowest BCUT2D eigenvalue weighted by Gasteiger charge is -2.24. The van der Waals surface area contributed by atoms with Crippen molar-refractivity contribution in [2.24, 2.45) is 5.92 Å². The van der Waals surface area contributed by atoms with E-state index in [2.05, 4.69) is 9.68 Å². The number of likely N-dealkylation sites (tertiary alicyclic amines) is 1. The van der Waals surface area contributed by atoms with Crippen molar-refractivity contribution in [1.29, 1.82) is 0 Å². The highest BCUT2D eigenvalue weighted by molar-refractivity contribution is 7.90. The Kier molecular flexibility index (Phi) is 5.69. The van der Waals surface area contributed by atoms with E-state index < -0.39 is 56.7 Å². The number of carbonyl (C=O) groups excluding carboxylic acids is 1. The van der Waals surface area contributed by atoms with Crippen molar-refractivity contribution < 1.29 is 48.8 Å². The molecule has 2 aromatic rings. The zero-order valence-electron chi connectivity index (χ0n) is 18.6. The Bertz CT molecular complexity index is 1290. The van der Waals surface area contributed by atoms with Crippen molar-refractivity contribution in [3.8, 4) is 5.75 Å². The van der Waals surface area contributed by atoms with Crippen LogP contribution in [0.3, 0.4) is 0 Å². The van der Waals surface area contributed by atoms with E-state index in [9.17, 15) is 39.6 Å². The van der Waals surface area contributed by atoms with E-state index >= 15 is 0 Å². The van der Waals surface area contributed by atoms with Gasteiger partial charge < -0.3 is 14.2 Å². The first-order valence-electron chi connectivity index (χ1n) is 10.4. The number of hydrogen-bond donors (Lipinski definition) is 0. The third-order valence-corrected chi connectivity index (χ3v) is 7.57. The number of aromatic nitrogens is 1. The number of nitrogens with zero attached hydrogens (tertiary/aromatic N) is 2. The van der Waals surface area contributed by atoms with Crippen molar-refractivity contribution in [3.63, 3.8) is 0 Å². The van der Waals surface area contributed by atoms with Gasteiger partial charge in [-0.1, -0.05) is 5.16 Å². The third-order valence-electron chi connectivity index (χ3n) is 6.46. The van der Waals surface area contributed by atoms with Crippen LogP contribution in [0.5, 0.6) is 5.75 Å². The van der Waals surface area contributed by atoms with E-state index in [1.807, 2.05) is 0 Å². The summed E-state index contributed by atoms with van der Waals surface area (Å²) in [6.45, 7) is 2.01. The van der Waals surface area contributed by atoms with E-state index in [1.54, 1.807) is 0 Å². The Labute approximate surface area is 195 Å². The minimum atomic E-state index is -4.74. The molecule has 0 bridgehead atoms. The number of carbonyl (C=O) groups is 1. The van der Waals surface area contributed by atoms with Gasteiger partial charge in [-0.3, -0.25) is 4.79 Å². The third kappa shape index (κ3) is 4.47. The summed E-state index contributed by atoms with van der Waals surface area (Å²) in [4.78, 5) is 14.3. The van der Waals surface area contributed by atoms with Gasteiger partial charge in [0.05, 0.1) is 16.2 Å². The number of benzene rings is 1. The molecule has 14 heteroatoms. The van der Waals surface area contributed by atoms with Crippen LogP contribution < -0.4 is 4.74 Å². The van der Waals surface area contributed by atoms with Crippen LogP contribution in [-0.2, 0) is 21.4 Å². The fourth-order valence-corrected chi connectivity index (χ4v) is 5.15. The normalized spacial score (nSPS) is 23.2. The summed E-state index contributed by atoms with van der Waals surface area (Å²) >= 11 is 0. The van der Waals surface area contributed by atoms with E-state index in [1.165, 1.54) is 11.8 Å². The van der Waals surface area contributed by atoms with E-state index in [0.29, 0.717) is 6.42 Å². The fourth-order valence-electron chi connectivity index (χ4n) is 4.51. The van der Waals surface area contributed by atoms with Gasteiger partial charge in [-0.25, -0.2) is 8.42 Å². The second-order valence-corrected chi connectivity index (χ2v) is 11.0. The summed E-state index contributed by atoms with van der Waals surface area (Å²) in [5, 5.41) is 3.61. The van der Waals surface area contributed by atoms with Gasteiger partial charge >= 0.3 is 12.4 Å². The molecular formula is C21H20F6N2O5S. The minimum Gasteiger partial charge on any atom is -0.480 e. The predicted octanol–water partition coefficient (Wildman–Crippen LogP) is 4.15. The number of sulfone groups is 1. The maximum Gasteiger partial charge on any atom is 0.452 e. The number of ether oxygens (including phenoxy) is 1. The Morgan fingerprint density at radius 3 is 2.46 bits per heavy atom. The van der Waals surface area contributed by atoms with Gasteiger partial charge in [-0.15, -0.1) is 0 Å². The number of halogens is 6. The van der Waals surface area contributed by atoms with Crippen LogP contribution in [0, 0.1) is 12.8 Å². The number of alkyl halides is 6. The van der Waals surface area contributed by atoms with Gasteiger partial charge in [0.25, 0.3) is 5.91 Å². The first-order valence-corrected chi connectivity index (χ1v) is 12.2. The SMILES string of the molecule is Cc1c(C23CC2CN(C(=O)c2cc(S(C)(=O)=O)ccc2O[C@H](C)C(F)(F)F)C3)noc1C(F)(F)F. The lowest BCUT2D eigenvalue weighted by molar-refractivity contribution is -0.189. The van der Waals surface area contributed by atoms with Gasteiger partial charge in [-0.2, -0.15) is 26.3 Å². The molecule has 1 saturated heterocycles. The molecule has 7 nitrogen and oxygen atoms in total. The number of piperidine rings is 1. The van der Waals surface area contributed by atoms with E-state index in [-0.39, 0.29) is 35.2 Å². The van der Waals surface area contributed by atoms with Gasteiger partial charge in [0.15, 0.2) is 15.9 Å². The summed E-state index contributed by atoms with van der Waals surface area (Å²) in [5.74, 6) is -2.72. The second-order valence-electron chi connectivity index (χ2n) is 8.96.